The van der Waals surface area contributed by atoms with E-state index in [9.17, 15) is 19.7 Å². The second-order valence-electron chi connectivity index (χ2n) is 4.17. The number of nitro groups is 1. The van der Waals surface area contributed by atoms with Crippen LogP contribution in [0.25, 0.3) is 0 Å². The Hall–Kier alpha value is -1.86. The van der Waals surface area contributed by atoms with Crippen LogP contribution in [0.2, 0.25) is 10.0 Å². The van der Waals surface area contributed by atoms with Crippen molar-refractivity contribution in [1.29, 1.82) is 0 Å². The molecule has 0 atom stereocenters. The maximum Gasteiger partial charge on any atom is 0.323 e. The quantitative estimate of drug-likeness (QED) is 0.636. The van der Waals surface area contributed by atoms with Gasteiger partial charge in [0, 0.05) is 18.2 Å². The van der Waals surface area contributed by atoms with Crippen LogP contribution in [0.15, 0.2) is 12.1 Å². The highest BCUT2D eigenvalue weighted by molar-refractivity contribution is 6.43. The SMILES string of the molecule is CCCN(CC(=O)O)C(=O)c1cc(Cl)c(Cl)c([N+](=O)[O-])c1. The summed E-state index contributed by atoms with van der Waals surface area (Å²) in [5, 5.41) is 19.3. The Balaban J connectivity index is 3.21. The second kappa shape index (κ2) is 7.24. The molecule has 114 valence electrons. The lowest BCUT2D eigenvalue weighted by molar-refractivity contribution is -0.384. The summed E-state index contributed by atoms with van der Waals surface area (Å²) in [4.78, 5) is 34.2. The molecule has 0 saturated heterocycles. The lowest BCUT2D eigenvalue weighted by Crippen LogP contribution is -2.36. The normalized spacial score (nSPS) is 10.2. The number of hydrogen-bond acceptors (Lipinski definition) is 4. The minimum atomic E-state index is -1.17. The minimum Gasteiger partial charge on any atom is -0.480 e. The number of benzene rings is 1. The molecule has 0 unspecified atom stereocenters. The first-order valence-corrected chi connectivity index (χ1v) is 6.68. The zero-order chi connectivity index (χ0) is 16.2. The molecule has 0 saturated carbocycles. The standard InChI is InChI=1S/C12H12Cl2N2O5/c1-2-3-15(6-10(17)18)12(19)7-4-8(13)11(14)9(5-7)16(20)21/h4-5H,2-3,6H2,1H3,(H,17,18). The van der Waals surface area contributed by atoms with Gasteiger partial charge in [0.25, 0.3) is 11.6 Å². The van der Waals surface area contributed by atoms with Gasteiger partial charge >= 0.3 is 5.97 Å². The molecule has 7 nitrogen and oxygen atoms in total. The van der Waals surface area contributed by atoms with Crippen molar-refractivity contribution in [3.8, 4) is 0 Å². The van der Waals surface area contributed by atoms with Crippen LogP contribution in [-0.2, 0) is 4.79 Å². The van der Waals surface area contributed by atoms with E-state index in [1.54, 1.807) is 6.92 Å². The van der Waals surface area contributed by atoms with E-state index in [-0.39, 0.29) is 22.2 Å². The molecule has 9 heteroatoms. The van der Waals surface area contributed by atoms with Crippen molar-refractivity contribution in [2.24, 2.45) is 0 Å². The highest BCUT2D eigenvalue weighted by Crippen LogP contribution is 2.33. The molecule has 0 aliphatic heterocycles. The third-order valence-electron chi connectivity index (χ3n) is 2.56. The molecule has 1 N–H and O–H groups in total. The van der Waals surface area contributed by atoms with E-state index in [0.717, 1.165) is 11.0 Å². The number of halogens is 2. The summed E-state index contributed by atoms with van der Waals surface area (Å²) >= 11 is 11.5. The molecule has 1 rings (SSSR count). The first-order chi connectivity index (χ1) is 9.77. The Morgan fingerprint density at radius 2 is 2.00 bits per heavy atom. The lowest BCUT2D eigenvalue weighted by Gasteiger charge is -2.20. The van der Waals surface area contributed by atoms with E-state index in [4.69, 9.17) is 28.3 Å². The smallest absolute Gasteiger partial charge is 0.323 e. The van der Waals surface area contributed by atoms with E-state index in [2.05, 4.69) is 0 Å². The number of carbonyl (C=O) groups excluding carboxylic acids is 1. The molecule has 0 heterocycles. The van der Waals surface area contributed by atoms with Gasteiger partial charge in [-0.05, 0) is 12.5 Å². The number of carbonyl (C=O) groups is 2. The summed E-state index contributed by atoms with van der Waals surface area (Å²) in [6, 6.07) is 2.17. The molecule has 0 aliphatic carbocycles. The molecule has 1 aromatic carbocycles. The monoisotopic (exact) mass is 334 g/mol. The lowest BCUT2D eigenvalue weighted by atomic mass is 10.1. The van der Waals surface area contributed by atoms with Gasteiger partial charge < -0.3 is 10.0 Å². The third-order valence-corrected chi connectivity index (χ3v) is 3.35. The summed E-state index contributed by atoms with van der Waals surface area (Å²) in [7, 11) is 0. The van der Waals surface area contributed by atoms with Crippen LogP contribution >= 0.6 is 23.2 Å². The second-order valence-corrected chi connectivity index (χ2v) is 4.95. The summed E-state index contributed by atoms with van der Waals surface area (Å²) < 4.78 is 0. The van der Waals surface area contributed by atoms with E-state index in [1.807, 2.05) is 0 Å². The van der Waals surface area contributed by atoms with Crippen molar-refractivity contribution in [2.75, 3.05) is 13.1 Å². The Labute approximate surface area is 130 Å². The number of nitro benzene ring substituents is 1. The van der Waals surface area contributed by atoms with Crippen molar-refractivity contribution in [3.63, 3.8) is 0 Å². The van der Waals surface area contributed by atoms with Crippen LogP contribution in [-0.4, -0.2) is 39.9 Å². The molecule has 0 spiro atoms. The number of nitrogens with zero attached hydrogens (tertiary/aromatic N) is 2. The number of carboxylic acids is 1. The van der Waals surface area contributed by atoms with Gasteiger partial charge in [0.15, 0.2) is 0 Å². The number of amides is 1. The van der Waals surface area contributed by atoms with Crippen molar-refractivity contribution in [3.05, 3.63) is 37.9 Å². The first-order valence-electron chi connectivity index (χ1n) is 5.92. The van der Waals surface area contributed by atoms with Crippen LogP contribution in [0, 0.1) is 10.1 Å². The van der Waals surface area contributed by atoms with Crippen LogP contribution < -0.4 is 0 Å². The maximum absolute atomic E-state index is 12.2. The van der Waals surface area contributed by atoms with Crippen molar-refractivity contribution >= 4 is 40.8 Å². The fourth-order valence-corrected chi connectivity index (χ4v) is 2.09. The number of hydrogen-bond donors (Lipinski definition) is 1. The fourth-order valence-electron chi connectivity index (χ4n) is 1.70. The molecule has 0 aromatic heterocycles. The third kappa shape index (κ3) is 4.30. The zero-order valence-corrected chi connectivity index (χ0v) is 12.5. The van der Waals surface area contributed by atoms with E-state index >= 15 is 0 Å². The molecule has 21 heavy (non-hydrogen) atoms. The number of carboxylic acid groups (broad SMARTS) is 1. The highest BCUT2D eigenvalue weighted by atomic mass is 35.5. The summed E-state index contributed by atoms with van der Waals surface area (Å²) in [6.07, 6.45) is 0.544. The largest absolute Gasteiger partial charge is 0.480 e. The topological polar surface area (TPSA) is 101 Å². The van der Waals surface area contributed by atoms with Gasteiger partial charge in [-0.2, -0.15) is 0 Å². The van der Waals surface area contributed by atoms with Crippen LogP contribution in [0.3, 0.4) is 0 Å². The Bertz CT molecular complexity index is 591. The van der Waals surface area contributed by atoms with Gasteiger partial charge in [-0.3, -0.25) is 19.7 Å². The van der Waals surface area contributed by atoms with Gasteiger partial charge in [0.05, 0.1) is 9.95 Å². The van der Waals surface area contributed by atoms with Crippen molar-refractivity contribution in [2.45, 2.75) is 13.3 Å². The predicted molar refractivity (Wildman–Crippen MR) is 76.9 cm³/mol. The molecule has 1 amide bonds. The van der Waals surface area contributed by atoms with E-state index in [1.165, 1.54) is 6.07 Å². The molecule has 0 aliphatic rings. The van der Waals surface area contributed by atoms with Gasteiger partial charge in [0.2, 0.25) is 0 Å². The minimum absolute atomic E-state index is 0.0780. The van der Waals surface area contributed by atoms with Gasteiger partial charge in [0.1, 0.15) is 11.6 Å². The molecular formula is C12H12Cl2N2O5. The summed E-state index contributed by atoms with van der Waals surface area (Å²) in [5.74, 6) is -1.83. The average molecular weight is 335 g/mol. The summed E-state index contributed by atoms with van der Waals surface area (Å²) in [6.45, 7) is 1.49. The number of aliphatic carboxylic acids is 1. The van der Waals surface area contributed by atoms with Gasteiger partial charge in [-0.1, -0.05) is 30.1 Å². The van der Waals surface area contributed by atoms with Crippen molar-refractivity contribution < 1.29 is 19.6 Å². The van der Waals surface area contributed by atoms with Crippen LogP contribution in [0.5, 0.6) is 0 Å². The fraction of sp³-hybridized carbons (Fsp3) is 0.333. The summed E-state index contributed by atoms with van der Waals surface area (Å²) in [5.41, 5.74) is -0.579. The average Bonchev–Trinajstić information content (AvgIpc) is 2.39. The molecule has 0 fully saturated rings. The Morgan fingerprint density at radius 3 is 2.48 bits per heavy atom. The van der Waals surface area contributed by atoms with Gasteiger partial charge in [-0.25, -0.2) is 0 Å². The Kier molecular flexibility index (Phi) is 5.92. The molecule has 1 aromatic rings. The first kappa shape index (κ1) is 17.2. The molecular weight excluding hydrogens is 323 g/mol. The van der Waals surface area contributed by atoms with E-state index in [0.29, 0.717) is 6.42 Å². The van der Waals surface area contributed by atoms with E-state index < -0.39 is 29.0 Å². The number of rotatable bonds is 6. The molecule has 0 bridgehead atoms. The Morgan fingerprint density at radius 1 is 1.38 bits per heavy atom. The predicted octanol–water partition coefficient (Wildman–Crippen LogP) is 2.84. The highest BCUT2D eigenvalue weighted by Gasteiger charge is 2.24. The maximum atomic E-state index is 12.2. The van der Waals surface area contributed by atoms with Gasteiger partial charge in [-0.15, -0.1) is 0 Å². The van der Waals surface area contributed by atoms with Crippen LogP contribution in [0.4, 0.5) is 5.69 Å². The van der Waals surface area contributed by atoms with Crippen molar-refractivity contribution in [1.82, 2.24) is 4.90 Å². The van der Waals surface area contributed by atoms with Crippen LogP contribution in [0.1, 0.15) is 23.7 Å². The zero-order valence-electron chi connectivity index (χ0n) is 11.0. The molecule has 0 radical (unpaired) electrons.